The van der Waals surface area contributed by atoms with Crippen molar-refractivity contribution in [1.29, 1.82) is 0 Å². The topological polar surface area (TPSA) is 114 Å². The molecule has 0 atom stereocenters. The quantitative estimate of drug-likeness (QED) is 0.652. The number of hydrogen-bond acceptors (Lipinski definition) is 5. The minimum Gasteiger partial charge on any atom is -0.495 e. The molecule has 0 saturated heterocycles. The van der Waals surface area contributed by atoms with Crippen molar-refractivity contribution in [2.45, 2.75) is 38.6 Å². The Kier molecular flexibility index (Phi) is 6.73. The Bertz CT molecular complexity index is 714. The number of sulfonamides is 1. The fourth-order valence-electron chi connectivity index (χ4n) is 1.74. The molecule has 0 aromatic heterocycles. The molecular formula is C15H23N3O5S. The maximum Gasteiger partial charge on any atom is 0.269 e. The van der Waals surface area contributed by atoms with Gasteiger partial charge < -0.3 is 4.74 Å². The van der Waals surface area contributed by atoms with Gasteiger partial charge in [0.05, 0.1) is 7.11 Å². The molecule has 0 bridgehead atoms. The fraction of sp³-hybridized carbons (Fsp3) is 0.467. The van der Waals surface area contributed by atoms with Crippen LogP contribution in [-0.2, 0) is 14.8 Å². The lowest BCUT2D eigenvalue weighted by molar-refractivity contribution is -0.124. The summed E-state index contributed by atoms with van der Waals surface area (Å²) in [4.78, 5) is 23.4. The first-order valence-electron chi connectivity index (χ1n) is 7.39. The summed E-state index contributed by atoms with van der Waals surface area (Å²) in [5.41, 5.74) is 4.58. The van der Waals surface area contributed by atoms with Crippen LogP contribution in [-0.4, -0.2) is 33.4 Å². The molecule has 24 heavy (non-hydrogen) atoms. The second-order valence-electron chi connectivity index (χ2n) is 5.74. The Balaban J connectivity index is 3.09. The number of hydrogen-bond donors (Lipinski definition) is 3. The lowest BCUT2D eigenvalue weighted by Crippen LogP contribution is -2.43. The molecule has 1 aromatic rings. The molecule has 0 spiro atoms. The van der Waals surface area contributed by atoms with Gasteiger partial charge in [0.2, 0.25) is 15.9 Å². The van der Waals surface area contributed by atoms with E-state index in [0.717, 1.165) is 0 Å². The summed E-state index contributed by atoms with van der Waals surface area (Å²) in [6, 6.07) is 3.67. The van der Waals surface area contributed by atoms with Crippen LogP contribution in [0.5, 0.6) is 5.75 Å². The van der Waals surface area contributed by atoms with Gasteiger partial charge in [0.25, 0.3) is 5.91 Å². The summed E-state index contributed by atoms with van der Waals surface area (Å²) >= 11 is 0. The highest BCUT2D eigenvalue weighted by molar-refractivity contribution is 7.89. The molecule has 0 heterocycles. The summed E-state index contributed by atoms with van der Waals surface area (Å²) in [6.07, 6.45) is 0. The Hall–Kier alpha value is -2.13. The van der Waals surface area contributed by atoms with Gasteiger partial charge in [-0.25, -0.2) is 13.1 Å². The van der Waals surface area contributed by atoms with Crippen molar-refractivity contribution in [1.82, 2.24) is 15.6 Å². The molecule has 0 fully saturated rings. The van der Waals surface area contributed by atoms with Gasteiger partial charge in [0.15, 0.2) is 0 Å². The highest BCUT2D eigenvalue weighted by atomic mass is 32.2. The van der Waals surface area contributed by atoms with Crippen molar-refractivity contribution in [3.05, 3.63) is 23.8 Å². The molecule has 134 valence electrons. The van der Waals surface area contributed by atoms with Crippen LogP contribution in [0.3, 0.4) is 0 Å². The molecule has 0 aliphatic rings. The minimum atomic E-state index is -3.85. The number of carbonyl (C=O) groups is 2. The number of nitrogens with one attached hydrogen (secondary N) is 3. The SMILES string of the molecule is COc1ccc(C(=O)NNC(=O)C(C)C)cc1S(=O)(=O)NC(C)C. The van der Waals surface area contributed by atoms with Crippen molar-refractivity contribution in [2.75, 3.05) is 7.11 Å². The van der Waals surface area contributed by atoms with Crippen LogP contribution in [0.1, 0.15) is 38.1 Å². The van der Waals surface area contributed by atoms with E-state index in [1.165, 1.54) is 25.3 Å². The van der Waals surface area contributed by atoms with Crippen LogP contribution in [0.4, 0.5) is 0 Å². The average molecular weight is 357 g/mol. The Labute approximate surface area is 142 Å². The van der Waals surface area contributed by atoms with Crippen molar-refractivity contribution in [3.8, 4) is 5.75 Å². The molecule has 9 heteroatoms. The van der Waals surface area contributed by atoms with E-state index in [2.05, 4.69) is 15.6 Å². The molecule has 3 N–H and O–H groups in total. The first kappa shape index (κ1) is 19.9. The number of benzene rings is 1. The van der Waals surface area contributed by atoms with Gasteiger partial charge in [-0.3, -0.25) is 20.4 Å². The smallest absolute Gasteiger partial charge is 0.269 e. The maximum atomic E-state index is 12.4. The van der Waals surface area contributed by atoms with Crippen LogP contribution < -0.4 is 20.3 Å². The third-order valence-corrected chi connectivity index (χ3v) is 4.61. The number of rotatable bonds is 6. The summed E-state index contributed by atoms with van der Waals surface area (Å²) in [6.45, 7) is 6.72. The van der Waals surface area contributed by atoms with Crippen LogP contribution >= 0.6 is 0 Å². The predicted molar refractivity (Wildman–Crippen MR) is 88.9 cm³/mol. The zero-order valence-electron chi connectivity index (χ0n) is 14.3. The van der Waals surface area contributed by atoms with Crippen molar-refractivity contribution in [3.63, 3.8) is 0 Å². The largest absolute Gasteiger partial charge is 0.495 e. The van der Waals surface area contributed by atoms with Crippen molar-refractivity contribution < 1.29 is 22.7 Å². The monoisotopic (exact) mass is 357 g/mol. The molecular weight excluding hydrogens is 334 g/mol. The molecule has 1 rings (SSSR count). The van der Waals surface area contributed by atoms with Gasteiger partial charge >= 0.3 is 0 Å². The zero-order chi connectivity index (χ0) is 18.5. The normalized spacial score (nSPS) is 11.5. The third kappa shape index (κ3) is 5.20. The molecule has 0 radical (unpaired) electrons. The van der Waals surface area contributed by atoms with E-state index in [9.17, 15) is 18.0 Å². The average Bonchev–Trinajstić information content (AvgIpc) is 2.50. The van der Waals surface area contributed by atoms with Gasteiger partial charge in [-0.2, -0.15) is 0 Å². The van der Waals surface area contributed by atoms with E-state index in [-0.39, 0.29) is 34.1 Å². The number of amides is 2. The lowest BCUT2D eigenvalue weighted by atomic mass is 10.2. The lowest BCUT2D eigenvalue weighted by Gasteiger charge is -2.14. The Morgan fingerprint density at radius 1 is 1.08 bits per heavy atom. The number of ether oxygens (including phenoxy) is 1. The molecule has 0 unspecified atom stereocenters. The van der Waals surface area contributed by atoms with E-state index >= 15 is 0 Å². The number of methoxy groups -OCH3 is 1. The third-order valence-electron chi connectivity index (χ3n) is 2.93. The maximum absolute atomic E-state index is 12.4. The van der Waals surface area contributed by atoms with Crippen molar-refractivity contribution >= 4 is 21.8 Å². The minimum absolute atomic E-state index is 0.0731. The predicted octanol–water partition coefficient (Wildman–Crippen LogP) is 0.799. The van der Waals surface area contributed by atoms with Gasteiger partial charge in [-0.1, -0.05) is 13.8 Å². The van der Waals surface area contributed by atoms with E-state index < -0.39 is 15.9 Å². The first-order chi connectivity index (χ1) is 11.1. The van der Waals surface area contributed by atoms with E-state index in [1.807, 2.05) is 0 Å². The van der Waals surface area contributed by atoms with Crippen molar-refractivity contribution in [2.24, 2.45) is 5.92 Å². The van der Waals surface area contributed by atoms with Gasteiger partial charge in [0, 0.05) is 17.5 Å². The second kappa shape index (κ2) is 8.11. The Morgan fingerprint density at radius 2 is 1.71 bits per heavy atom. The van der Waals surface area contributed by atoms with Crippen LogP contribution in [0.15, 0.2) is 23.1 Å². The van der Waals surface area contributed by atoms with E-state index in [1.54, 1.807) is 27.7 Å². The number of carbonyl (C=O) groups excluding carboxylic acids is 2. The van der Waals surface area contributed by atoms with Gasteiger partial charge in [-0.15, -0.1) is 0 Å². The van der Waals surface area contributed by atoms with E-state index in [0.29, 0.717) is 0 Å². The summed E-state index contributed by atoms with van der Waals surface area (Å²) < 4.78 is 32.2. The standard InChI is InChI=1S/C15H23N3O5S/c1-9(2)14(19)16-17-15(20)11-6-7-12(23-5)13(8-11)24(21,22)18-10(3)4/h6-10,18H,1-5H3,(H,16,19)(H,17,20). The van der Waals surface area contributed by atoms with Crippen LogP contribution in [0.2, 0.25) is 0 Å². The highest BCUT2D eigenvalue weighted by Crippen LogP contribution is 2.25. The molecule has 0 aliphatic heterocycles. The molecule has 0 saturated carbocycles. The zero-order valence-corrected chi connectivity index (χ0v) is 15.2. The molecule has 2 amide bonds. The second-order valence-corrected chi connectivity index (χ2v) is 7.42. The number of hydrazine groups is 1. The summed E-state index contributed by atoms with van der Waals surface area (Å²) in [5.74, 6) is -1.17. The molecule has 1 aromatic carbocycles. The molecule has 8 nitrogen and oxygen atoms in total. The first-order valence-corrected chi connectivity index (χ1v) is 8.87. The van der Waals surface area contributed by atoms with Crippen LogP contribution in [0, 0.1) is 5.92 Å². The Morgan fingerprint density at radius 3 is 2.21 bits per heavy atom. The fourth-order valence-corrected chi connectivity index (χ4v) is 3.18. The van der Waals surface area contributed by atoms with Crippen LogP contribution in [0.25, 0.3) is 0 Å². The summed E-state index contributed by atoms with van der Waals surface area (Å²) in [5, 5.41) is 0. The molecule has 0 aliphatic carbocycles. The van der Waals surface area contributed by atoms with Gasteiger partial charge in [0.1, 0.15) is 10.6 Å². The van der Waals surface area contributed by atoms with Gasteiger partial charge in [-0.05, 0) is 32.0 Å². The van der Waals surface area contributed by atoms with E-state index in [4.69, 9.17) is 4.74 Å². The summed E-state index contributed by atoms with van der Waals surface area (Å²) in [7, 11) is -2.51. The highest BCUT2D eigenvalue weighted by Gasteiger charge is 2.22.